The molecule has 2 bridgehead atoms. The van der Waals surface area contributed by atoms with Crippen LogP contribution in [0.25, 0.3) is 16.3 Å². The van der Waals surface area contributed by atoms with Gasteiger partial charge in [0.1, 0.15) is 16.4 Å². The van der Waals surface area contributed by atoms with E-state index in [2.05, 4.69) is 30.1 Å². The van der Waals surface area contributed by atoms with Crippen molar-refractivity contribution < 1.29 is 19.3 Å². The normalized spacial score (nSPS) is 46.5. The monoisotopic (exact) mass is 526 g/mol. The molecular weight excluding hydrogens is 491 g/mol. The first-order valence-electron chi connectivity index (χ1n) is 13.7. The number of likely N-dealkylation sites (N-methyl/N-ethyl adjacent to an activating group) is 1. The van der Waals surface area contributed by atoms with E-state index in [1.54, 1.807) is 6.20 Å². The molecule has 9 unspecified atom stereocenters. The number of benzene rings is 1. The number of hydrogen-bond donors (Lipinski definition) is 2. The Morgan fingerprint density at radius 1 is 1.08 bits per heavy atom. The van der Waals surface area contributed by atoms with Crippen LogP contribution in [0.5, 0.6) is 0 Å². The maximum Gasteiger partial charge on any atom is 0.140 e. The summed E-state index contributed by atoms with van der Waals surface area (Å²) in [5.74, 6) is -0.344. The number of aromatic nitrogens is 1. The maximum atomic E-state index is 17.2. The first kappa shape index (κ1) is 24.5. The molecule has 9 atom stereocenters. The van der Waals surface area contributed by atoms with Gasteiger partial charge in [0, 0.05) is 29.5 Å². The third-order valence-electron chi connectivity index (χ3n) is 11.2. The highest BCUT2D eigenvalue weighted by Gasteiger charge is 2.77. The molecule has 1 aromatic heterocycles. The molecule has 3 aliphatic carbocycles. The molecule has 0 amide bonds. The lowest BCUT2D eigenvalue weighted by molar-refractivity contribution is -0.314. The van der Waals surface area contributed by atoms with Crippen molar-refractivity contribution in [3.8, 4) is 0 Å². The third kappa shape index (κ3) is 3.02. The lowest BCUT2D eigenvalue weighted by atomic mass is 9.51. The number of alkyl halides is 1. The number of fused-ring (bicyclic) bond motifs is 2. The van der Waals surface area contributed by atoms with Crippen molar-refractivity contribution >= 4 is 27.9 Å². The lowest BCUT2D eigenvalue weighted by Crippen LogP contribution is -2.72. The summed E-state index contributed by atoms with van der Waals surface area (Å²) in [6.07, 6.45) is 6.42. The topological polar surface area (TPSA) is 65.8 Å². The van der Waals surface area contributed by atoms with Crippen molar-refractivity contribution in [2.24, 2.45) is 17.3 Å². The Labute approximate surface area is 222 Å². The van der Waals surface area contributed by atoms with Crippen molar-refractivity contribution in [1.82, 2.24) is 9.88 Å². The van der Waals surface area contributed by atoms with E-state index in [-0.39, 0.29) is 29.7 Å². The standard InChI is InChI=1S/C30H36ClFN2O3/c1-27-9-11-29(32)15-21-24(35)25(36)22(34(2)3)16-28(21)10-12-30(29,37-28)23(27)7-6-20(27)18-4-5-19-17(14-18)8-13-33-26(19)31/h4-6,8,13-14,21-25,35-36H,7,9-12,15-16H2,1-3H3. The SMILES string of the molecule is CN(C)C1CC23CCC4(O2)C2CC=C(c5ccc6c(Cl)nccc6c5)C2(C)CCC4(F)CC3C(O)C1O. The number of hydrogen-bond acceptors (Lipinski definition) is 5. The van der Waals surface area contributed by atoms with Crippen molar-refractivity contribution in [3.63, 3.8) is 0 Å². The van der Waals surface area contributed by atoms with Crippen molar-refractivity contribution in [1.29, 1.82) is 0 Å². The van der Waals surface area contributed by atoms with Crippen LogP contribution in [-0.2, 0) is 4.74 Å². The smallest absolute Gasteiger partial charge is 0.140 e. The molecule has 1 aromatic carbocycles. The molecule has 2 spiro atoms. The summed E-state index contributed by atoms with van der Waals surface area (Å²) >= 11 is 6.32. The highest BCUT2D eigenvalue weighted by Crippen LogP contribution is 2.72. The van der Waals surface area contributed by atoms with Crippen LogP contribution in [-0.4, -0.2) is 69.3 Å². The van der Waals surface area contributed by atoms with Gasteiger partial charge in [-0.1, -0.05) is 36.7 Å². The van der Waals surface area contributed by atoms with Gasteiger partial charge in [-0.2, -0.15) is 0 Å². The summed E-state index contributed by atoms with van der Waals surface area (Å²) in [5.41, 5.74) is -0.714. The van der Waals surface area contributed by atoms with Crippen molar-refractivity contribution in [2.45, 2.75) is 87.0 Å². The van der Waals surface area contributed by atoms with Crippen LogP contribution in [0.4, 0.5) is 4.39 Å². The number of pyridine rings is 1. The van der Waals surface area contributed by atoms with Gasteiger partial charge >= 0.3 is 0 Å². The molecule has 5 aliphatic rings. The van der Waals surface area contributed by atoms with Gasteiger partial charge < -0.3 is 19.8 Å². The van der Waals surface area contributed by atoms with Gasteiger partial charge in [-0.25, -0.2) is 9.37 Å². The predicted molar refractivity (Wildman–Crippen MR) is 142 cm³/mol. The second-order valence-corrected chi connectivity index (χ2v) is 13.3. The summed E-state index contributed by atoms with van der Waals surface area (Å²) in [4.78, 5) is 6.18. The number of nitrogens with zero attached hydrogens (tertiary/aromatic N) is 2. The van der Waals surface area contributed by atoms with Crippen LogP contribution < -0.4 is 0 Å². The van der Waals surface area contributed by atoms with E-state index in [4.69, 9.17) is 16.3 Å². The molecule has 3 heterocycles. The van der Waals surface area contributed by atoms with Gasteiger partial charge in [0.05, 0.1) is 17.8 Å². The van der Waals surface area contributed by atoms with Crippen LogP contribution in [0.15, 0.2) is 36.5 Å². The molecule has 4 fully saturated rings. The highest BCUT2D eigenvalue weighted by molar-refractivity contribution is 6.34. The Morgan fingerprint density at radius 2 is 1.89 bits per heavy atom. The molecule has 5 nitrogen and oxygen atoms in total. The Morgan fingerprint density at radius 3 is 2.68 bits per heavy atom. The summed E-state index contributed by atoms with van der Waals surface area (Å²) in [6.45, 7) is 2.30. The van der Waals surface area contributed by atoms with Crippen LogP contribution >= 0.6 is 11.6 Å². The molecule has 7 heteroatoms. The summed E-state index contributed by atoms with van der Waals surface area (Å²) in [5, 5.41) is 24.6. The second-order valence-electron chi connectivity index (χ2n) is 12.9. The first-order valence-corrected chi connectivity index (χ1v) is 14.1. The minimum absolute atomic E-state index is 0.0348. The number of ether oxygens (including phenoxy) is 1. The summed E-state index contributed by atoms with van der Waals surface area (Å²) in [7, 11) is 3.87. The zero-order valence-electron chi connectivity index (χ0n) is 21.8. The minimum Gasteiger partial charge on any atom is -0.390 e. The van der Waals surface area contributed by atoms with E-state index < -0.39 is 29.1 Å². The molecule has 2 saturated carbocycles. The van der Waals surface area contributed by atoms with E-state index in [1.165, 1.54) is 5.57 Å². The average molecular weight is 527 g/mol. The molecule has 198 valence electrons. The zero-order valence-corrected chi connectivity index (χ0v) is 22.5. The number of allylic oxidation sites excluding steroid dienone is 2. The molecule has 2 aliphatic heterocycles. The Kier molecular flexibility index (Phi) is 5.13. The molecule has 37 heavy (non-hydrogen) atoms. The van der Waals surface area contributed by atoms with Gasteiger partial charge in [-0.3, -0.25) is 0 Å². The van der Waals surface area contributed by atoms with E-state index in [1.807, 2.05) is 31.1 Å². The molecule has 2 N–H and O–H groups in total. The van der Waals surface area contributed by atoms with Crippen molar-refractivity contribution in [2.75, 3.05) is 14.1 Å². The largest absolute Gasteiger partial charge is 0.390 e. The van der Waals surface area contributed by atoms with E-state index >= 15 is 4.39 Å². The van der Waals surface area contributed by atoms with Gasteiger partial charge in [0.15, 0.2) is 0 Å². The lowest BCUT2D eigenvalue weighted by Gasteiger charge is -2.64. The maximum absolute atomic E-state index is 17.2. The predicted octanol–water partition coefficient (Wildman–Crippen LogP) is 5.16. The second kappa shape index (κ2) is 7.76. The van der Waals surface area contributed by atoms with Crippen LogP contribution in [0, 0.1) is 17.3 Å². The zero-order chi connectivity index (χ0) is 26.0. The number of rotatable bonds is 2. The van der Waals surface area contributed by atoms with E-state index in [9.17, 15) is 10.2 Å². The fourth-order valence-electron chi connectivity index (χ4n) is 9.32. The van der Waals surface area contributed by atoms with Gasteiger partial charge in [-0.15, -0.1) is 0 Å². The Bertz CT molecular complexity index is 1320. The number of halogens is 2. The van der Waals surface area contributed by atoms with Gasteiger partial charge in [0.25, 0.3) is 0 Å². The highest BCUT2D eigenvalue weighted by atomic mass is 35.5. The molecular formula is C30H36ClFN2O3. The van der Waals surface area contributed by atoms with Gasteiger partial charge in [-0.05, 0) is 93.1 Å². The number of aliphatic hydroxyl groups excluding tert-OH is 2. The van der Waals surface area contributed by atoms with Crippen LogP contribution in [0.2, 0.25) is 5.15 Å². The fraction of sp³-hybridized carbons (Fsp3) is 0.633. The molecule has 7 rings (SSSR count). The summed E-state index contributed by atoms with van der Waals surface area (Å²) < 4.78 is 24.3. The molecule has 2 aromatic rings. The quantitative estimate of drug-likeness (QED) is 0.529. The number of aliphatic hydroxyl groups is 2. The van der Waals surface area contributed by atoms with Crippen LogP contribution in [0.1, 0.15) is 57.4 Å². The fourth-order valence-corrected chi connectivity index (χ4v) is 9.55. The van der Waals surface area contributed by atoms with E-state index in [0.29, 0.717) is 24.4 Å². The average Bonchev–Trinajstić information content (AvgIpc) is 3.40. The Balaban J connectivity index is 1.27. The molecule has 0 radical (unpaired) electrons. The third-order valence-corrected chi connectivity index (χ3v) is 11.5. The minimum atomic E-state index is -1.50. The Hall–Kier alpha value is -1.57. The van der Waals surface area contributed by atoms with Gasteiger partial charge in [0.2, 0.25) is 0 Å². The van der Waals surface area contributed by atoms with E-state index in [0.717, 1.165) is 35.6 Å². The van der Waals surface area contributed by atoms with Crippen molar-refractivity contribution in [3.05, 3.63) is 47.3 Å². The van der Waals surface area contributed by atoms with Crippen LogP contribution in [0.3, 0.4) is 0 Å². The first-order chi connectivity index (χ1) is 17.5. The summed E-state index contributed by atoms with van der Waals surface area (Å²) in [6, 6.07) is 8.13. The molecule has 2 saturated heterocycles.